The van der Waals surface area contributed by atoms with Crippen LogP contribution in [0.4, 0.5) is 0 Å². The van der Waals surface area contributed by atoms with E-state index in [0.29, 0.717) is 42.9 Å². The number of hydrogen-bond donors (Lipinski definition) is 1. The van der Waals surface area contributed by atoms with Gasteiger partial charge in [0.05, 0.1) is 5.41 Å². The molecule has 1 amide bonds. The zero-order valence-electron chi connectivity index (χ0n) is 15.8. The Morgan fingerprint density at radius 3 is 2.71 bits per heavy atom. The number of carbonyl (C=O) groups excluding carboxylic acids is 1. The third kappa shape index (κ3) is 3.30. The molecular formula is C22H23NO5. The Hall–Kier alpha value is -3.02. The zero-order chi connectivity index (χ0) is 19.7. The fourth-order valence-corrected chi connectivity index (χ4v) is 4.08. The Morgan fingerprint density at radius 2 is 1.93 bits per heavy atom. The van der Waals surface area contributed by atoms with Gasteiger partial charge in [0.2, 0.25) is 6.79 Å². The van der Waals surface area contributed by atoms with E-state index in [9.17, 15) is 14.7 Å². The largest absolute Gasteiger partial charge is 0.481 e. The molecule has 0 unspecified atom stereocenters. The Morgan fingerprint density at radius 1 is 1.14 bits per heavy atom. The standard InChI is InChI=1S/C22H23NO5/c1-15-5-2-3-6-17(15)12-22(21(25)26)9-4-10-23(13-22)20(24)16-7-8-18-19(11-16)28-14-27-18/h2-3,5-8,11H,4,9-10,12-14H2,1H3,(H,25,26)/t22-/m1/s1. The molecule has 2 aromatic rings. The van der Waals surface area contributed by atoms with E-state index < -0.39 is 11.4 Å². The Labute approximate surface area is 163 Å². The number of rotatable bonds is 4. The Kier molecular flexibility index (Phi) is 4.71. The van der Waals surface area contributed by atoms with Crippen LogP contribution in [0.2, 0.25) is 0 Å². The number of amides is 1. The number of piperidine rings is 1. The van der Waals surface area contributed by atoms with Crippen molar-refractivity contribution < 1.29 is 24.2 Å². The van der Waals surface area contributed by atoms with Crippen LogP contribution in [0.1, 0.15) is 34.3 Å². The second kappa shape index (κ2) is 7.19. The number of ether oxygens (including phenoxy) is 2. The van der Waals surface area contributed by atoms with Crippen LogP contribution in [0.3, 0.4) is 0 Å². The van der Waals surface area contributed by atoms with Gasteiger partial charge in [0, 0.05) is 18.7 Å². The number of hydrogen-bond acceptors (Lipinski definition) is 4. The maximum atomic E-state index is 13.1. The van der Waals surface area contributed by atoms with E-state index in [1.54, 1.807) is 23.1 Å². The van der Waals surface area contributed by atoms with Gasteiger partial charge in [-0.2, -0.15) is 0 Å². The summed E-state index contributed by atoms with van der Waals surface area (Å²) >= 11 is 0. The predicted molar refractivity (Wildman–Crippen MR) is 103 cm³/mol. The van der Waals surface area contributed by atoms with Gasteiger partial charge in [-0.25, -0.2) is 0 Å². The van der Waals surface area contributed by atoms with Crippen LogP contribution in [-0.4, -0.2) is 41.8 Å². The van der Waals surface area contributed by atoms with Gasteiger partial charge in [-0.15, -0.1) is 0 Å². The fraction of sp³-hybridized carbons (Fsp3) is 0.364. The molecule has 0 bridgehead atoms. The number of aliphatic carboxylic acids is 1. The normalized spacial score (nSPS) is 20.8. The molecule has 1 atom stereocenters. The molecule has 2 aliphatic rings. The van der Waals surface area contributed by atoms with E-state index in [1.165, 1.54) is 0 Å². The molecule has 6 nitrogen and oxygen atoms in total. The summed E-state index contributed by atoms with van der Waals surface area (Å²) in [5, 5.41) is 10.1. The lowest BCUT2D eigenvalue weighted by atomic mass is 9.74. The topological polar surface area (TPSA) is 76.1 Å². The third-order valence-electron chi connectivity index (χ3n) is 5.73. The lowest BCUT2D eigenvalue weighted by Crippen LogP contribution is -2.51. The molecule has 1 fully saturated rings. The highest BCUT2D eigenvalue weighted by atomic mass is 16.7. The number of fused-ring (bicyclic) bond motifs is 1. The number of carboxylic acid groups (broad SMARTS) is 1. The van der Waals surface area contributed by atoms with Crippen LogP contribution in [0, 0.1) is 12.3 Å². The fourth-order valence-electron chi connectivity index (χ4n) is 4.08. The summed E-state index contributed by atoms with van der Waals surface area (Å²) in [5.74, 6) is 0.147. The first-order valence-corrected chi connectivity index (χ1v) is 9.45. The first kappa shape index (κ1) is 18.3. The van der Waals surface area contributed by atoms with Crippen molar-refractivity contribution in [3.05, 3.63) is 59.2 Å². The van der Waals surface area contributed by atoms with Crippen LogP contribution in [0.5, 0.6) is 11.5 Å². The van der Waals surface area contributed by atoms with E-state index in [4.69, 9.17) is 9.47 Å². The summed E-state index contributed by atoms with van der Waals surface area (Å²) in [7, 11) is 0. The smallest absolute Gasteiger partial charge is 0.311 e. The molecule has 4 rings (SSSR count). The van der Waals surface area contributed by atoms with Crippen molar-refractivity contribution in [2.24, 2.45) is 5.41 Å². The highest BCUT2D eigenvalue weighted by Gasteiger charge is 2.44. The van der Waals surface area contributed by atoms with Crippen LogP contribution in [0.25, 0.3) is 0 Å². The number of benzene rings is 2. The van der Waals surface area contributed by atoms with Crippen molar-refractivity contribution in [3.63, 3.8) is 0 Å². The van der Waals surface area contributed by atoms with Crippen LogP contribution >= 0.6 is 0 Å². The second-order valence-corrected chi connectivity index (χ2v) is 7.59. The Bertz CT molecular complexity index is 925. The molecule has 2 aromatic carbocycles. The van der Waals surface area contributed by atoms with Crippen molar-refractivity contribution >= 4 is 11.9 Å². The highest BCUT2D eigenvalue weighted by Crippen LogP contribution is 2.37. The van der Waals surface area contributed by atoms with Crippen LogP contribution in [-0.2, 0) is 11.2 Å². The zero-order valence-corrected chi connectivity index (χ0v) is 15.8. The van der Waals surface area contributed by atoms with E-state index in [1.807, 2.05) is 31.2 Å². The molecule has 0 saturated carbocycles. The molecule has 1 saturated heterocycles. The van der Waals surface area contributed by atoms with Gasteiger partial charge in [0.15, 0.2) is 11.5 Å². The molecule has 1 N–H and O–H groups in total. The van der Waals surface area contributed by atoms with E-state index >= 15 is 0 Å². The van der Waals surface area contributed by atoms with Crippen molar-refractivity contribution in [2.75, 3.05) is 19.9 Å². The van der Waals surface area contributed by atoms with Gasteiger partial charge in [0.25, 0.3) is 5.91 Å². The lowest BCUT2D eigenvalue weighted by molar-refractivity contribution is -0.151. The van der Waals surface area contributed by atoms with Gasteiger partial charge in [-0.1, -0.05) is 24.3 Å². The number of carbonyl (C=O) groups is 2. The predicted octanol–water partition coefficient (Wildman–Crippen LogP) is 3.27. The molecular weight excluding hydrogens is 358 g/mol. The van der Waals surface area contributed by atoms with Crippen molar-refractivity contribution in [1.82, 2.24) is 4.90 Å². The highest BCUT2D eigenvalue weighted by molar-refractivity contribution is 5.95. The summed E-state index contributed by atoms with van der Waals surface area (Å²) in [6.45, 7) is 2.89. The molecule has 0 aromatic heterocycles. The average Bonchev–Trinajstić information content (AvgIpc) is 3.17. The molecule has 0 spiro atoms. The monoisotopic (exact) mass is 381 g/mol. The maximum Gasteiger partial charge on any atom is 0.311 e. The van der Waals surface area contributed by atoms with Crippen LogP contribution < -0.4 is 9.47 Å². The molecule has 6 heteroatoms. The number of aryl methyl sites for hydroxylation is 1. The summed E-state index contributed by atoms with van der Waals surface area (Å²) in [5.41, 5.74) is 1.60. The second-order valence-electron chi connectivity index (χ2n) is 7.59. The van der Waals surface area contributed by atoms with Gasteiger partial charge >= 0.3 is 5.97 Å². The van der Waals surface area contributed by atoms with E-state index in [-0.39, 0.29) is 19.2 Å². The average molecular weight is 381 g/mol. The minimum Gasteiger partial charge on any atom is -0.481 e. The van der Waals surface area contributed by atoms with Crippen molar-refractivity contribution in [1.29, 1.82) is 0 Å². The minimum absolute atomic E-state index is 0.148. The van der Waals surface area contributed by atoms with Gasteiger partial charge < -0.3 is 19.5 Å². The summed E-state index contributed by atoms with van der Waals surface area (Å²) in [4.78, 5) is 27.0. The SMILES string of the molecule is Cc1ccccc1C[C@]1(C(=O)O)CCCN(C(=O)c2ccc3c(c2)OCO3)C1. The maximum absolute atomic E-state index is 13.1. The first-order valence-electron chi connectivity index (χ1n) is 9.45. The molecule has 0 aliphatic carbocycles. The quantitative estimate of drug-likeness (QED) is 0.880. The number of likely N-dealkylation sites (tertiary alicyclic amines) is 1. The van der Waals surface area contributed by atoms with Gasteiger partial charge in [-0.05, 0) is 55.5 Å². The Balaban J connectivity index is 1.58. The molecule has 28 heavy (non-hydrogen) atoms. The summed E-state index contributed by atoms with van der Waals surface area (Å²) in [6.07, 6.45) is 1.63. The number of nitrogens with zero attached hydrogens (tertiary/aromatic N) is 1. The third-order valence-corrected chi connectivity index (χ3v) is 5.73. The van der Waals surface area contributed by atoms with Gasteiger partial charge in [-0.3, -0.25) is 9.59 Å². The van der Waals surface area contributed by atoms with Crippen LogP contribution in [0.15, 0.2) is 42.5 Å². The lowest BCUT2D eigenvalue weighted by Gasteiger charge is -2.40. The molecule has 146 valence electrons. The van der Waals surface area contributed by atoms with Crippen molar-refractivity contribution in [2.45, 2.75) is 26.2 Å². The first-order chi connectivity index (χ1) is 13.5. The summed E-state index contributed by atoms with van der Waals surface area (Å²) < 4.78 is 10.7. The minimum atomic E-state index is -0.976. The van der Waals surface area contributed by atoms with E-state index in [0.717, 1.165) is 11.1 Å². The molecule has 0 radical (unpaired) electrons. The van der Waals surface area contributed by atoms with E-state index in [2.05, 4.69) is 0 Å². The van der Waals surface area contributed by atoms with Gasteiger partial charge in [0.1, 0.15) is 0 Å². The summed E-state index contributed by atoms with van der Waals surface area (Å²) in [6, 6.07) is 12.9. The molecule has 2 aliphatic heterocycles. The van der Waals surface area contributed by atoms with Crippen molar-refractivity contribution in [3.8, 4) is 11.5 Å². The molecule has 2 heterocycles. The number of carboxylic acids is 1.